The summed E-state index contributed by atoms with van der Waals surface area (Å²) in [6.07, 6.45) is 0.670. The Morgan fingerprint density at radius 2 is 2.14 bits per heavy atom. The summed E-state index contributed by atoms with van der Waals surface area (Å²) in [5.74, 6) is -2.02. The number of hydrogen-bond acceptors (Lipinski definition) is 6. The molecule has 0 heterocycles. The van der Waals surface area contributed by atoms with Crippen LogP contribution in [0.25, 0.3) is 0 Å². The average Bonchev–Trinajstić information content (AvgIpc) is 1.98. The average molecular weight is 243 g/mol. The Balaban J connectivity index is 4.76. The van der Waals surface area contributed by atoms with Gasteiger partial charge in [0.1, 0.15) is 6.07 Å². The van der Waals surface area contributed by atoms with Gasteiger partial charge in [-0.05, 0) is 6.92 Å². The van der Waals surface area contributed by atoms with E-state index in [1.54, 1.807) is 0 Å². The van der Waals surface area contributed by atoms with Crippen LogP contribution in [0.15, 0.2) is 0 Å². The van der Waals surface area contributed by atoms with E-state index < -0.39 is 23.6 Å². The Bertz CT molecular complexity index is 370. The molecule has 82 valence electrons. The van der Waals surface area contributed by atoms with Gasteiger partial charge in [-0.25, -0.2) is 4.18 Å². The molecule has 2 atom stereocenters. The van der Waals surface area contributed by atoms with Crippen LogP contribution in [0, 0.1) is 11.3 Å². The zero-order valence-electron chi connectivity index (χ0n) is 7.58. The van der Waals surface area contributed by atoms with Gasteiger partial charge in [0.05, 0.1) is 12.9 Å². The molecule has 9 heteroatoms. The maximum Gasteiger partial charge on any atom is 0.372 e. The summed E-state index contributed by atoms with van der Waals surface area (Å²) in [6, 6.07) is 1.24. The fraction of sp³-hybridized carbons (Fsp3) is 0.800. The van der Waals surface area contributed by atoms with Crippen LogP contribution >= 0.6 is 7.60 Å². The molecule has 0 fully saturated rings. The van der Waals surface area contributed by atoms with Crippen LogP contribution in [0.5, 0.6) is 0 Å². The molecule has 0 aliphatic carbocycles. The molecule has 1 N–H and O–H groups in total. The van der Waals surface area contributed by atoms with E-state index in [4.69, 9.17) is 10.2 Å². The zero-order valence-corrected chi connectivity index (χ0v) is 9.29. The first-order chi connectivity index (χ1) is 6.23. The third kappa shape index (κ3) is 4.69. The third-order valence-electron chi connectivity index (χ3n) is 0.987. The standard InChI is InChI=1S/C5H10NO6PS/c1-3-11-13(7,8)5(4-6)12-14(2,9)10/h5H,3H2,1-2H3,(H,7,8). The van der Waals surface area contributed by atoms with Crippen molar-refractivity contribution in [1.29, 1.82) is 5.26 Å². The molecule has 0 aromatic carbocycles. The molecule has 0 bridgehead atoms. The number of hydrogen-bond donors (Lipinski definition) is 1. The largest absolute Gasteiger partial charge is 0.372 e. The lowest BCUT2D eigenvalue weighted by Crippen LogP contribution is -2.17. The smallest absolute Gasteiger partial charge is 0.322 e. The highest BCUT2D eigenvalue weighted by Gasteiger charge is 2.36. The second kappa shape index (κ2) is 4.87. The predicted molar refractivity (Wildman–Crippen MR) is 46.8 cm³/mol. The van der Waals surface area contributed by atoms with Gasteiger partial charge in [0.2, 0.25) is 0 Å². The van der Waals surface area contributed by atoms with Crippen LogP contribution in [0.1, 0.15) is 6.92 Å². The van der Waals surface area contributed by atoms with Crippen LogP contribution in [-0.4, -0.2) is 32.0 Å². The van der Waals surface area contributed by atoms with Gasteiger partial charge in [0.25, 0.3) is 16.0 Å². The van der Waals surface area contributed by atoms with Crippen molar-refractivity contribution in [3.8, 4) is 6.07 Å². The van der Waals surface area contributed by atoms with Gasteiger partial charge in [-0.1, -0.05) is 0 Å². The van der Waals surface area contributed by atoms with Crippen molar-refractivity contribution in [2.75, 3.05) is 12.9 Å². The van der Waals surface area contributed by atoms with E-state index in [1.807, 2.05) is 0 Å². The van der Waals surface area contributed by atoms with Gasteiger partial charge in [-0.2, -0.15) is 13.7 Å². The van der Waals surface area contributed by atoms with Gasteiger partial charge >= 0.3 is 7.60 Å². The van der Waals surface area contributed by atoms with Crippen molar-refractivity contribution < 1.29 is 26.6 Å². The third-order valence-corrected chi connectivity index (χ3v) is 3.11. The Morgan fingerprint density at radius 1 is 1.64 bits per heavy atom. The zero-order chi connectivity index (χ0) is 11.4. The summed E-state index contributed by atoms with van der Waals surface area (Å²) < 4.78 is 40.7. The van der Waals surface area contributed by atoms with Crippen molar-refractivity contribution in [2.45, 2.75) is 12.8 Å². The Labute approximate surface area is 81.9 Å². The van der Waals surface area contributed by atoms with Crippen molar-refractivity contribution >= 4 is 17.7 Å². The molecule has 0 saturated heterocycles. The molecule has 2 unspecified atom stereocenters. The molecule has 0 rings (SSSR count). The minimum atomic E-state index is -4.36. The van der Waals surface area contributed by atoms with Gasteiger partial charge in [0, 0.05) is 0 Å². The van der Waals surface area contributed by atoms with Crippen LogP contribution < -0.4 is 0 Å². The van der Waals surface area contributed by atoms with Gasteiger partial charge < -0.3 is 9.42 Å². The Morgan fingerprint density at radius 3 is 2.43 bits per heavy atom. The highest BCUT2D eigenvalue weighted by Crippen LogP contribution is 2.47. The minimum absolute atomic E-state index is 0.126. The maximum absolute atomic E-state index is 11.1. The molecule has 0 radical (unpaired) electrons. The van der Waals surface area contributed by atoms with E-state index in [2.05, 4.69) is 8.71 Å². The fourth-order valence-electron chi connectivity index (χ4n) is 0.567. The molecule has 7 nitrogen and oxygen atoms in total. The lowest BCUT2D eigenvalue weighted by atomic mass is 10.8. The quantitative estimate of drug-likeness (QED) is 0.535. The summed E-state index contributed by atoms with van der Waals surface area (Å²) in [6.45, 7) is 1.30. The molecule has 0 aliphatic rings. The molecule has 0 spiro atoms. The van der Waals surface area contributed by atoms with E-state index in [9.17, 15) is 13.0 Å². The maximum atomic E-state index is 11.1. The van der Waals surface area contributed by atoms with Crippen molar-refractivity contribution in [3.63, 3.8) is 0 Å². The SMILES string of the molecule is CCOP(=O)(O)C(C#N)OS(C)(=O)=O. The first-order valence-corrected chi connectivity index (χ1v) is 6.94. The van der Waals surface area contributed by atoms with Crippen molar-refractivity contribution in [2.24, 2.45) is 0 Å². The fourth-order valence-corrected chi connectivity index (χ4v) is 2.50. The molecule has 14 heavy (non-hydrogen) atoms. The van der Waals surface area contributed by atoms with E-state index in [-0.39, 0.29) is 6.61 Å². The summed E-state index contributed by atoms with van der Waals surface area (Å²) >= 11 is 0. The van der Waals surface area contributed by atoms with Crippen molar-refractivity contribution in [3.05, 3.63) is 0 Å². The topological polar surface area (TPSA) is 114 Å². The molecular formula is C5H10NO6PS. The van der Waals surface area contributed by atoms with Crippen LogP contribution in [0.3, 0.4) is 0 Å². The Kier molecular flexibility index (Phi) is 4.71. The van der Waals surface area contributed by atoms with Gasteiger partial charge in [-0.15, -0.1) is 0 Å². The highest BCUT2D eigenvalue weighted by atomic mass is 32.2. The first-order valence-electron chi connectivity index (χ1n) is 3.48. The first kappa shape index (κ1) is 13.5. The molecule has 0 saturated carbocycles. The summed E-state index contributed by atoms with van der Waals surface area (Å²) in [5.41, 5.74) is 0. The number of nitrogens with zero attached hydrogens (tertiary/aromatic N) is 1. The second-order valence-electron chi connectivity index (χ2n) is 2.26. The van der Waals surface area contributed by atoms with E-state index in [0.717, 1.165) is 0 Å². The summed E-state index contributed by atoms with van der Waals surface area (Å²) in [5, 5.41) is 8.40. The molecule has 0 amide bonds. The number of nitriles is 1. The van der Waals surface area contributed by atoms with Crippen LogP contribution in [-0.2, 0) is 23.4 Å². The van der Waals surface area contributed by atoms with E-state index in [1.165, 1.54) is 13.0 Å². The summed E-state index contributed by atoms with van der Waals surface area (Å²) in [4.78, 5) is 9.06. The van der Waals surface area contributed by atoms with Gasteiger partial charge in [0.15, 0.2) is 0 Å². The predicted octanol–water partition coefficient (Wildman–Crippen LogP) is 0.0342. The van der Waals surface area contributed by atoms with Crippen LogP contribution in [0.2, 0.25) is 0 Å². The second-order valence-corrected chi connectivity index (χ2v) is 5.72. The molecule has 0 aromatic rings. The lowest BCUT2D eigenvalue weighted by molar-refractivity contribution is 0.220. The van der Waals surface area contributed by atoms with Crippen molar-refractivity contribution in [1.82, 2.24) is 0 Å². The lowest BCUT2D eigenvalue weighted by Gasteiger charge is -2.14. The highest BCUT2D eigenvalue weighted by molar-refractivity contribution is 7.86. The Hall–Kier alpha value is -0.450. The molecule has 0 aromatic heterocycles. The van der Waals surface area contributed by atoms with E-state index >= 15 is 0 Å². The monoisotopic (exact) mass is 243 g/mol. The molecule has 0 aliphatic heterocycles. The number of rotatable bonds is 5. The van der Waals surface area contributed by atoms with Gasteiger partial charge in [-0.3, -0.25) is 4.57 Å². The normalized spacial score (nSPS) is 18.1. The minimum Gasteiger partial charge on any atom is -0.322 e. The van der Waals surface area contributed by atoms with E-state index in [0.29, 0.717) is 6.26 Å². The van der Waals surface area contributed by atoms with Crippen LogP contribution in [0.4, 0.5) is 0 Å². The molecular weight excluding hydrogens is 233 g/mol. The summed E-state index contributed by atoms with van der Waals surface area (Å²) in [7, 11) is -8.33.